The van der Waals surface area contributed by atoms with Gasteiger partial charge in [-0.2, -0.15) is 0 Å². The predicted octanol–water partition coefficient (Wildman–Crippen LogP) is 0.661. The number of amides is 2. The van der Waals surface area contributed by atoms with Crippen molar-refractivity contribution in [3.8, 4) is 0 Å². The summed E-state index contributed by atoms with van der Waals surface area (Å²) in [5.74, 6) is -1.20. The van der Waals surface area contributed by atoms with Crippen LogP contribution in [0.5, 0.6) is 0 Å². The number of carboxylic acids is 1. The molecule has 20 heavy (non-hydrogen) atoms. The first-order chi connectivity index (χ1) is 9.45. The van der Waals surface area contributed by atoms with Crippen LogP contribution in [0.2, 0.25) is 0 Å². The molecule has 3 N–H and O–H groups in total. The number of carbonyl (C=O) groups is 3. The molecule has 0 bridgehead atoms. The Kier molecular flexibility index (Phi) is 4.62. The van der Waals surface area contributed by atoms with Crippen LogP contribution in [-0.2, 0) is 14.4 Å². The molecule has 0 aromatic carbocycles. The molecule has 0 radical (unpaired) electrons. The fraction of sp³-hybridized carbons (Fsp3) is 0.786. The summed E-state index contributed by atoms with van der Waals surface area (Å²) in [6.45, 7) is 1.48. The fourth-order valence-electron chi connectivity index (χ4n) is 3.29. The van der Waals surface area contributed by atoms with Crippen molar-refractivity contribution in [2.24, 2.45) is 11.8 Å². The van der Waals surface area contributed by atoms with Crippen LogP contribution >= 0.6 is 0 Å². The predicted molar refractivity (Wildman–Crippen MR) is 71.9 cm³/mol. The van der Waals surface area contributed by atoms with Gasteiger partial charge >= 0.3 is 5.97 Å². The lowest BCUT2D eigenvalue weighted by Gasteiger charge is -2.16. The number of carboxylic acid groups (broad SMARTS) is 1. The summed E-state index contributed by atoms with van der Waals surface area (Å²) >= 11 is 0. The topological polar surface area (TPSA) is 95.5 Å². The highest BCUT2D eigenvalue weighted by Gasteiger charge is 2.34. The lowest BCUT2D eigenvalue weighted by Crippen LogP contribution is -2.38. The van der Waals surface area contributed by atoms with E-state index in [2.05, 4.69) is 10.6 Å². The van der Waals surface area contributed by atoms with Crippen LogP contribution in [0, 0.1) is 11.8 Å². The molecule has 2 amide bonds. The van der Waals surface area contributed by atoms with Crippen LogP contribution in [0.4, 0.5) is 0 Å². The first kappa shape index (κ1) is 14.8. The lowest BCUT2D eigenvalue weighted by atomic mass is 10.1. The minimum atomic E-state index is -0.770. The summed E-state index contributed by atoms with van der Waals surface area (Å²) < 4.78 is 0. The molecule has 2 saturated carbocycles. The third kappa shape index (κ3) is 3.71. The van der Waals surface area contributed by atoms with E-state index in [-0.39, 0.29) is 35.7 Å². The van der Waals surface area contributed by atoms with Gasteiger partial charge in [-0.15, -0.1) is 0 Å². The van der Waals surface area contributed by atoms with Gasteiger partial charge in [-0.1, -0.05) is 0 Å². The molecule has 2 fully saturated rings. The minimum Gasteiger partial charge on any atom is -0.481 e. The molecule has 6 nitrogen and oxygen atoms in total. The van der Waals surface area contributed by atoms with Gasteiger partial charge in [-0.3, -0.25) is 14.4 Å². The maximum atomic E-state index is 12.1. The third-order valence-electron chi connectivity index (χ3n) is 4.34. The summed E-state index contributed by atoms with van der Waals surface area (Å²) in [6, 6.07) is 0.0852. The van der Waals surface area contributed by atoms with Gasteiger partial charge in [-0.05, 0) is 38.5 Å². The molecule has 112 valence electrons. The third-order valence-corrected chi connectivity index (χ3v) is 4.34. The molecule has 0 aromatic heterocycles. The Morgan fingerprint density at radius 2 is 1.45 bits per heavy atom. The van der Waals surface area contributed by atoms with E-state index in [1.54, 1.807) is 0 Å². The first-order valence-corrected chi connectivity index (χ1v) is 7.26. The molecule has 0 spiro atoms. The smallest absolute Gasteiger partial charge is 0.306 e. The van der Waals surface area contributed by atoms with Crippen LogP contribution in [0.25, 0.3) is 0 Å². The highest BCUT2D eigenvalue weighted by molar-refractivity contribution is 5.80. The summed E-state index contributed by atoms with van der Waals surface area (Å²) in [6.07, 6.45) is 4.21. The van der Waals surface area contributed by atoms with E-state index in [4.69, 9.17) is 5.11 Å². The number of rotatable bonds is 4. The van der Waals surface area contributed by atoms with E-state index < -0.39 is 5.97 Å². The Bertz CT molecular complexity index is 410. The Labute approximate surface area is 118 Å². The van der Waals surface area contributed by atoms with Crippen LogP contribution in [0.15, 0.2) is 0 Å². The molecule has 0 aromatic rings. The Balaban J connectivity index is 1.76. The van der Waals surface area contributed by atoms with Crippen molar-refractivity contribution >= 4 is 17.8 Å². The van der Waals surface area contributed by atoms with Crippen LogP contribution in [-0.4, -0.2) is 35.0 Å². The summed E-state index contributed by atoms with van der Waals surface area (Å²) in [5, 5.41) is 14.8. The number of hydrogen-bond donors (Lipinski definition) is 3. The average molecular weight is 282 g/mol. The quantitative estimate of drug-likeness (QED) is 0.706. The van der Waals surface area contributed by atoms with E-state index in [0.717, 1.165) is 19.3 Å². The van der Waals surface area contributed by atoms with Gasteiger partial charge in [-0.25, -0.2) is 0 Å². The van der Waals surface area contributed by atoms with Gasteiger partial charge in [0.15, 0.2) is 0 Å². The molecular formula is C14H22N2O4. The number of carbonyl (C=O) groups excluding carboxylic acids is 2. The molecule has 6 heteroatoms. The summed E-state index contributed by atoms with van der Waals surface area (Å²) in [5.41, 5.74) is 0. The van der Waals surface area contributed by atoms with Crippen molar-refractivity contribution in [3.05, 3.63) is 0 Å². The van der Waals surface area contributed by atoms with Gasteiger partial charge in [0.05, 0.1) is 5.92 Å². The molecule has 0 heterocycles. The summed E-state index contributed by atoms with van der Waals surface area (Å²) in [7, 11) is 0. The van der Waals surface area contributed by atoms with Gasteiger partial charge in [0, 0.05) is 24.9 Å². The SMILES string of the molecule is CC(=O)NC1CCC(C(=O)NC2CCC(C(=O)O)C2)C1. The van der Waals surface area contributed by atoms with Crippen molar-refractivity contribution in [2.75, 3.05) is 0 Å². The Morgan fingerprint density at radius 1 is 0.900 bits per heavy atom. The second-order valence-electron chi connectivity index (χ2n) is 5.96. The molecule has 2 aliphatic carbocycles. The van der Waals surface area contributed by atoms with E-state index >= 15 is 0 Å². The first-order valence-electron chi connectivity index (χ1n) is 7.26. The van der Waals surface area contributed by atoms with Crippen molar-refractivity contribution in [2.45, 2.75) is 57.5 Å². The lowest BCUT2D eigenvalue weighted by molar-refractivity contribution is -0.141. The molecule has 0 saturated heterocycles. The second kappa shape index (κ2) is 6.24. The minimum absolute atomic E-state index is 0.00823. The zero-order chi connectivity index (χ0) is 14.7. The largest absolute Gasteiger partial charge is 0.481 e. The van der Waals surface area contributed by atoms with Crippen molar-refractivity contribution in [1.82, 2.24) is 10.6 Å². The molecule has 4 unspecified atom stereocenters. The van der Waals surface area contributed by atoms with Crippen molar-refractivity contribution in [1.29, 1.82) is 0 Å². The normalized spacial score (nSPS) is 32.9. The van der Waals surface area contributed by atoms with Gasteiger partial charge < -0.3 is 15.7 Å². The molecule has 2 aliphatic rings. The number of aliphatic carboxylic acids is 1. The number of nitrogens with one attached hydrogen (secondary N) is 2. The van der Waals surface area contributed by atoms with Gasteiger partial charge in [0.25, 0.3) is 0 Å². The maximum Gasteiger partial charge on any atom is 0.306 e. The molecular weight excluding hydrogens is 260 g/mol. The monoisotopic (exact) mass is 282 g/mol. The van der Waals surface area contributed by atoms with Crippen molar-refractivity contribution < 1.29 is 19.5 Å². The number of hydrogen-bond acceptors (Lipinski definition) is 3. The highest BCUT2D eigenvalue weighted by atomic mass is 16.4. The Morgan fingerprint density at radius 3 is 2.00 bits per heavy atom. The second-order valence-corrected chi connectivity index (χ2v) is 5.96. The highest BCUT2D eigenvalue weighted by Crippen LogP contribution is 2.29. The van der Waals surface area contributed by atoms with E-state index in [0.29, 0.717) is 19.3 Å². The van der Waals surface area contributed by atoms with Crippen LogP contribution in [0.1, 0.15) is 45.4 Å². The van der Waals surface area contributed by atoms with E-state index in [9.17, 15) is 14.4 Å². The zero-order valence-electron chi connectivity index (χ0n) is 11.7. The van der Waals surface area contributed by atoms with Gasteiger partial charge in [0.2, 0.25) is 11.8 Å². The molecule has 0 aliphatic heterocycles. The average Bonchev–Trinajstić information content (AvgIpc) is 2.97. The van der Waals surface area contributed by atoms with Gasteiger partial charge in [0.1, 0.15) is 0 Å². The van der Waals surface area contributed by atoms with Crippen molar-refractivity contribution in [3.63, 3.8) is 0 Å². The van der Waals surface area contributed by atoms with Crippen LogP contribution < -0.4 is 10.6 Å². The van der Waals surface area contributed by atoms with Crippen LogP contribution in [0.3, 0.4) is 0 Å². The summed E-state index contributed by atoms with van der Waals surface area (Å²) in [4.78, 5) is 34.0. The molecule has 2 rings (SSSR count). The molecule has 4 atom stereocenters. The van der Waals surface area contributed by atoms with E-state index in [1.165, 1.54) is 6.92 Å². The Hall–Kier alpha value is -1.59. The van der Waals surface area contributed by atoms with E-state index in [1.807, 2.05) is 0 Å². The fourth-order valence-corrected chi connectivity index (χ4v) is 3.29. The standard InChI is InChI=1S/C14H22N2O4/c1-8(17)15-11-4-2-9(6-11)13(18)16-12-5-3-10(7-12)14(19)20/h9-12H,2-7H2,1H3,(H,15,17)(H,16,18)(H,19,20). The maximum absolute atomic E-state index is 12.1. The zero-order valence-corrected chi connectivity index (χ0v) is 11.7.